The Kier molecular flexibility index (Phi) is 5.03. The largest absolute Gasteiger partial charge is 0.573 e. The second-order valence-electron chi connectivity index (χ2n) is 7.21. The standard InChI is InChI=1S/C19H20F3N5O2/c1-26-8-6-13(7-9-26)27-17-14(11-23-27)18(28)25-16(24-17)10-12-4-2-3-5-15(12)29-19(20,21)22/h2-5,11,13H,6-10H2,1H3,(H,24,25,28). The molecule has 29 heavy (non-hydrogen) atoms. The number of hydrogen-bond acceptors (Lipinski definition) is 5. The van der Waals surface area contributed by atoms with Crippen molar-refractivity contribution >= 4 is 11.0 Å². The lowest BCUT2D eigenvalue weighted by molar-refractivity contribution is -0.274. The molecule has 10 heteroatoms. The van der Waals surface area contributed by atoms with Gasteiger partial charge in [0.2, 0.25) is 0 Å². The van der Waals surface area contributed by atoms with Gasteiger partial charge in [0.25, 0.3) is 5.56 Å². The summed E-state index contributed by atoms with van der Waals surface area (Å²) in [6.45, 7) is 1.84. The maximum Gasteiger partial charge on any atom is 0.573 e. The summed E-state index contributed by atoms with van der Waals surface area (Å²) in [7, 11) is 2.05. The van der Waals surface area contributed by atoms with Gasteiger partial charge in [0.05, 0.1) is 12.2 Å². The third-order valence-corrected chi connectivity index (χ3v) is 5.10. The van der Waals surface area contributed by atoms with E-state index in [9.17, 15) is 18.0 Å². The zero-order chi connectivity index (χ0) is 20.6. The maximum absolute atomic E-state index is 12.7. The summed E-state index contributed by atoms with van der Waals surface area (Å²) in [4.78, 5) is 21.9. The molecule has 0 amide bonds. The molecule has 1 aliphatic heterocycles. The topological polar surface area (TPSA) is 76.0 Å². The van der Waals surface area contributed by atoms with Gasteiger partial charge >= 0.3 is 6.36 Å². The second-order valence-corrected chi connectivity index (χ2v) is 7.21. The highest BCUT2D eigenvalue weighted by atomic mass is 19.4. The summed E-state index contributed by atoms with van der Waals surface area (Å²) in [6, 6.07) is 5.95. The molecule has 1 aromatic carbocycles. The quantitative estimate of drug-likeness (QED) is 0.720. The van der Waals surface area contributed by atoms with Crippen molar-refractivity contribution in [3.8, 4) is 5.75 Å². The SMILES string of the molecule is CN1CCC(n2ncc3c(=O)[nH]c(Cc4ccccc4OC(F)(F)F)nc32)CC1. The number of hydrogen-bond donors (Lipinski definition) is 1. The van der Waals surface area contributed by atoms with Crippen LogP contribution in [-0.4, -0.2) is 51.1 Å². The minimum Gasteiger partial charge on any atom is -0.405 e. The van der Waals surface area contributed by atoms with Crippen LogP contribution in [0.1, 0.15) is 30.3 Å². The summed E-state index contributed by atoms with van der Waals surface area (Å²) < 4.78 is 43.9. The molecule has 3 aromatic rings. The molecule has 7 nitrogen and oxygen atoms in total. The fourth-order valence-corrected chi connectivity index (χ4v) is 3.63. The van der Waals surface area contributed by atoms with Gasteiger partial charge in [0.15, 0.2) is 5.65 Å². The van der Waals surface area contributed by atoms with Crippen molar-refractivity contribution in [1.29, 1.82) is 0 Å². The van der Waals surface area contributed by atoms with Crippen LogP contribution in [0.5, 0.6) is 5.75 Å². The lowest BCUT2D eigenvalue weighted by Gasteiger charge is -2.29. The molecular weight excluding hydrogens is 387 g/mol. The first-order chi connectivity index (χ1) is 13.8. The number of halogens is 3. The molecule has 1 aliphatic rings. The third-order valence-electron chi connectivity index (χ3n) is 5.10. The molecule has 0 aliphatic carbocycles. The van der Waals surface area contributed by atoms with Crippen LogP contribution in [-0.2, 0) is 6.42 Å². The highest BCUT2D eigenvalue weighted by molar-refractivity contribution is 5.73. The third kappa shape index (κ3) is 4.26. The molecule has 1 saturated heterocycles. The number of rotatable bonds is 4. The average Bonchev–Trinajstić information content (AvgIpc) is 3.07. The number of nitrogens with one attached hydrogen (secondary N) is 1. The van der Waals surface area contributed by atoms with E-state index >= 15 is 0 Å². The first-order valence-electron chi connectivity index (χ1n) is 9.29. The molecule has 2 aromatic heterocycles. The van der Waals surface area contributed by atoms with Gasteiger partial charge in [-0.1, -0.05) is 18.2 Å². The predicted octanol–water partition coefficient (Wildman–Crippen LogP) is 2.88. The Labute approximate surface area is 164 Å². The van der Waals surface area contributed by atoms with Crippen LogP contribution in [0.25, 0.3) is 11.0 Å². The number of aromatic nitrogens is 4. The summed E-state index contributed by atoms with van der Waals surface area (Å²) in [5, 5.41) is 4.73. The molecule has 0 saturated carbocycles. The van der Waals surface area contributed by atoms with E-state index in [0.717, 1.165) is 25.9 Å². The van der Waals surface area contributed by atoms with Crippen LogP contribution >= 0.6 is 0 Å². The number of H-pyrrole nitrogens is 1. The van der Waals surface area contributed by atoms with Crippen LogP contribution in [0.3, 0.4) is 0 Å². The van der Waals surface area contributed by atoms with Crippen molar-refractivity contribution in [3.63, 3.8) is 0 Å². The van der Waals surface area contributed by atoms with Gasteiger partial charge in [-0.05, 0) is 39.0 Å². The van der Waals surface area contributed by atoms with Crippen molar-refractivity contribution in [2.24, 2.45) is 0 Å². The highest BCUT2D eigenvalue weighted by Crippen LogP contribution is 2.28. The van der Waals surface area contributed by atoms with Gasteiger partial charge < -0.3 is 14.6 Å². The molecule has 4 rings (SSSR count). The smallest absolute Gasteiger partial charge is 0.405 e. The van der Waals surface area contributed by atoms with Gasteiger partial charge in [-0.3, -0.25) is 4.79 Å². The van der Waals surface area contributed by atoms with Crippen LogP contribution in [0.2, 0.25) is 0 Å². The number of nitrogens with zero attached hydrogens (tertiary/aromatic N) is 4. The van der Waals surface area contributed by atoms with Crippen LogP contribution in [0, 0.1) is 0 Å². The van der Waals surface area contributed by atoms with Crippen LogP contribution < -0.4 is 10.3 Å². The van der Waals surface area contributed by atoms with Gasteiger partial charge in [0, 0.05) is 12.0 Å². The minimum atomic E-state index is -4.80. The number of likely N-dealkylation sites (tertiary alicyclic amines) is 1. The Hall–Kier alpha value is -2.88. The summed E-state index contributed by atoms with van der Waals surface area (Å²) in [6.07, 6.45) is -1.54. The van der Waals surface area contributed by atoms with Crippen molar-refractivity contribution in [1.82, 2.24) is 24.6 Å². The zero-order valence-electron chi connectivity index (χ0n) is 15.7. The van der Waals surface area contributed by atoms with E-state index in [4.69, 9.17) is 0 Å². The fourth-order valence-electron chi connectivity index (χ4n) is 3.63. The van der Waals surface area contributed by atoms with Crippen molar-refractivity contribution in [3.05, 3.63) is 52.2 Å². The van der Waals surface area contributed by atoms with Crippen LogP contribution in [0.15, 0.2) is 35.3 Å². The van der Waals surface area contributed by atoms with E-state index in [-0.39, 0.29) is 35.2 Å². The molecule has 0 bridgehead atoms. The number of benzene rings is 1. The van der Waals surface area contributed by atoms with Gasteiger partial charge in [0.1, 0.15) is 17.0 Å². The molecule has 0 spiro atoms. The highest BCUT2D eigenvalue weighted by Gasteiger charge is 2.32. The van der Waals surface area contributed by atoms with Gasteiger partial charge in [-0.15, -0.1) is 13.2 Å². The second kappa shape index (κ2) is 7.51. The molecule has 0 radical (unpaired) electrons. The molecular formula is C19H20F3N5O2. The summed E-state index contributed by atoms with van der Waals surface area (Å²) >= 11 is 0. The maximum atomic E-state index is 12.7. The van der Waals surface area contributed by atoms with Crippen LogP contribution in [0.4, 0.5) is 13.2 Å². The fraction of sp³-hybridized carbons (Fsp3) is 0.421. The van der Waals surface area contributed by atoms with Crippen molar-refractivity contribution in [2.75, 3.05) is 20.1 Å². The monoisotopic (exact) mass is 407 g/mol. The Morgan fingerprint density at radius 2 is 1.97 bits per heavy atom. The zero-order valence-corrected chi connectivity index (χ0v) is 15.7. The van der Waals surface area contributed by atoms with Crippen molar-refractivity contribution in [2.45, 2.75) is 31.7 Å². The number of alkyl halides is 3. The molecule has 3 heterocycles. The van der Waals surface area contributed by atoms with E-state index in [1.807, 2.05) is 0 Å². The Morgan fingerprint density at radius 1 is 1.24 bits per heavy atom. The number of aromatic amines is 1. The molecule has 154 valence electrons. The number of ether oxygens (including phenoxy) is 1. The predicted molar refractivity (Wildman–Crippen MR) is 99.8 cm³/mol. The normalized spacial score (nSPS) is 16.4. The number of para-hydroxylation sites is 1. The first-order valence-corrected chi connectivity index (χ1v) is 9.29. The Bertz CT molecular complexity index is 1070. The summed E-state index contributed by atoms with van der Waals surface area (Å²) in [5.41, 5.74) is 0.364. The minimum absolute atomic E-state index is 0.00395. The lowest BCUT2D eigenvalue weighted by atomic mass is 10.1. The van der Waals surface area contributed by atoms with Crippen molar-refractivity contribution < 1.29 is 17.9 Å². The Balaban J connectivity index is 1.68. The van der Waals surface area contributed by atoms with E-state index in [1.54, 1.807) is 10.7 Å². The molecule has 1 fully saturated rings. The number of fused-ring (bicyclic) bond motifs is 1. The van der Waals surface area contributed by atoms with E-state index < -0.39 is 6.36 Å². The van der Waals surface area contributed by atoms with Gasteiger partial charge in [-0.2, -0.15) is 5.10 Å². The lowest BCUT2D eigenvalue weighted by Crippen LogP contribution is -2.32. The molecule has 0 atom stereocenters. The van der Waals surface area contributed by atoms with E-state index in [1.165, 1.54) is 24.4 Å². The Morgan fingerprint density at radius 3 is 2.69 bits per heavy atom. The summed E-state index contributed by atoms with van der Waals surface area (Å²) in [5.74, 6) is -0.0537. The number of piperidine rings is 1. The first kappa shape index (κ1) is 19.4. The van der Waals surface area contributed by atoms with E-state index in [2.05, 4.69) is 31.8 Å². The molecule has 1 N–H and O–H groups in total. The van der Waals surface area contributed by atoms with E-state index in [0.29, 0.717) is 11.0 Å². The average molecular weight is 407 g/mol. The van der Waals surface area contributed by atoms with Gasteiger partial charge in [-0.25, -0.2) is 9.67 Å². The molecule has 0 unspecified atom stereocenters.